The number of esters is 2. The molecule has 0 aliphatic rings. The Bertz CT molecular complexity index is 1580. The first-order chi connectivity index (χ1) is 38.8. The second-order valence-corrected chi connectivity index (χ2v) is 26.0. The van der Waals surface area contributed by atoms with Crippen LogP contribution in [0.1, 0.15) is 268 Å². The van der Waals surface area contributed by atoms with Gasteiger partial charge in [-0.15, -0.1) is 0 Å². The minimum Gasteiger partial charge on any atom is -0.462 e. The maximum Gasteiger partial charge on any atom is 0.306 e. The first-order valence-electron chi connectivity index (χ1n) is 32.8. The molecule has 0 fully saturated rings. The van der Waals surface area contributed by atoms with Gasteiger partial charge in [0, 0.05) is 36.8 Å². The lowest BCUT2D eigenvalue weighted by atomic mass is 9.59. The van der Waals surface area contributed by atoms with Gasteiger partial charge in [-0.1, -0.05) is 230 Å². The molecule has 0 aliphatic carbocycles. The lowest BCUT2D eigenvalue weighted by Gasteiger charge is -2.45. The van der Waals surface area contributed by atoms with Crippen LogP contribution < -0.4 is 27.4 Å². The van der Waals surface area contributed by atoms with Gasteiger partial charge in [0.25, 0.3) is 0 Å². The maximum absolute atomic E-state index is 13.3. The average molecular weight is 1170 g/mol. The second kappa shape index (κ2) is 50.4. The van der Waals surface area contributed by atoms with Crippen LogP contribution in [0.4, 0.5) is 0 Å². The van der Waals surface area contributed by atoms with Gasteiger partial charge in [-0.2, -0.15) is 11.8 Å². The largest absolute Gasteiger partial charge is 0.462 e. The van der Waals surface area contributed by atoms with Crippen molar-refractivity contribution in [2.24, 2.45) is 58.8 Å². The number of nitrogens with one attached hydrogen (secondary N) is 3. The summed E-state index contributed by atoms with van der Waals surface area (Å²) in [5, 5.41) is 27.8. The third kappa shape index (κ3) is 38.6. The van der Waals surface area contributed by atoms with Crippen LogP contribution in [-0.2, 0) is 38.2 Å². The second-order valence-electron chi connectivity index (χ2n) is 24.9. The van der Waals surface area contributed by atoms with Crippen LogP contribution in [0, 0.1) is 47.3 Å². The third-order valence-corrected chi connectivity index (χ3v) is 17.5. The minimum atomic E-state index is -1.47. The summed E-state index contributed by atoms with van der Waals surface area (Å²) in [7, 11) is 0. The zero-order chi connectivity index (χ0) is 60.8. The fraction of sp³-hybridized carbons (Fsp3) is 0.908. The number of thioether (sulfide) groups is 1. The molecule has 0 saturated carbocycles. The minimum absolute atomic E-state index is 0.0556. The molecular formula is C65H125N5O10S. The molecule has 5 atom stereocenters. The Balaban J connectivity index is 5.29. The van der Waals surface area contributed by atoms with E-state index in [0.29, 0.717) is 61.2 Å². The van der Waals surface area contributed by atoms with E-state index in [1.807, 2.05) is 0 Å². The summed E-state index contributed by atoms with van der Waals surface area (Å²) in [6.07, 6.45) is 32.7. The van der Waals surface area contributed by atoms with E-state index in [9.17, 15) is 39.0 Å². The number of unbranched alkanes of at least 4 members (excludes halogenated alkanes) is 25. The quantitative estimate of drug-likeness (QED) is 0.0222. The van der Waals surface area contributed by atoms with Gasteiger partial charge in [0.05, 0.1) is 19.3 Å². The molecule has 4 amide bonds. The zero-order valence-corrected chi connectivity index (χ0v) is 54.1. The van der Waals surface area contributed by atoms with Crippen LogP contribution in [0.25, 0.3) is 0 Å². The molecule has 81 heavy (non-hydrogen) atoms. The first kappa shape index (κ1) is 78.0. The molecule has 0 rings (SSSR count). The van der Waals surface area contributed by atoms with Crippen LogP contribution in [0.5, 0.6) is 0 Å². The molecule has 16 heteroatoms. The smallest absolute Gasteiger partial charge is 0.306 e. The molecule has 0 bridgehead atoms. The highest BCUT2D eigenvalue weighted by Crippen LogP contribution is 2.45. The Labute approximate surface area is 498 Å². The summed E-state index contributed by atoms with van der Waals surface area (Å²) < 4.78 is 11.4. The van der Waals surface area contributed by atoms with Crippen molar-refractivity contribution in [3.63, 3.8) is 0 Å². The van der Waals surface area contributed by atoms with Crippen LogP contribution in [0.2, 0.25) is 0 Å². The lowest BCUT2D eigenvalue weighted by molar-refractivity contribution is -0.157. The molecule has 15 nitrogen and oxygen atoms in total. The van der Waals surface area contributed by atoms with Crippen molar-refractivity contribution in [1.29, 1.82) is 0 Å². The Morgan fingerprint density at radius 1 is 0.469 bits per heavy atom. The van der Waals surface area contributed by atoms with Crippen LogP contribution in [0.15, 0.2) is 0 Å². The van der Waals surface area contributed by atoms with Gasteiger partial charge in [0.1, 0.15) is 24.8 Å². The summed E-state index contributed by atoms with van der Waals surface area (Å²) in [6, 6.07) is -3.97. The number of carbonyl (C=O) groups is 6. The normalized spacial score (nSPS) is 13.8. The number of carbonyl (C=O) groups excluding carboxylic acids is 6. The predicted octanol–water partition coefficient (Wildman–Crippen LogP) is 12.3. The summed E-state index contributed by atoms with van der Waals surface area (Å²) in [6.45, 7) is 20.8. The SMILES string of the molecule is CCCCCCCCCCCCCCCC(=O)OCC(CSCC(N)C(=O)N[C@@H](CO)C(=O)NC(CO)C(=O)NCCCCC(C(N)=O)C(C(C(C)C)C(C)C)C(C(C)C)C(C)C)OC(=O)CCCCCCCCCCCCCCC. The number of aliphatic hydroxyl groups is 2. The van der Waals surface area contributed by atoms with Crippen molar-refractivity contribution < 1.29 is 48.5 Å². The number of rotatable bonds is 55. The number of amides is 4. The van der Waals surface area contributed by atoms with Crippen molar-refractivity contribution in [2.75, 3.05) is 37.9 Å². The van der Waals surface area contributed by atoms with Crippen molar-refractivity contribution in [1.82, 2.24) is 16.0 Å². The van der Waals surface area contributed by atoms with Gasteiger partial charge < -0.3 is 47.1 Å². The molecule has 0 radical (unpaired) electrons. The van der Waals surface area contributed by atoms with E-state index in [4.69, 9.17) is 20.9 Å². The Kier molecular flexibility index (Phi) is 48.5. The standard InChI is InChI=1S/C65H125N5O10S/c1-11-13-15-17-19-21-23-25-27-29-31-33-35-40-57(73)79-45-52(80-58(74)41-36-34-32-30-28-26-24-22-20-18-16-14-12-2)46-81-47-54(66)63(76)69-56(44-72)65(78)70-55(43-71)64(77)68-42-38-37-39-53(62(67)75)61(59(48(3)4)49(5)6)60(50(7)8)51(9)10/h48-56,59-61,71-72H,11-47,66H2,1-10H3,(H2,67,75)(H,68,77)(H,69,76)(H,70,78)/t52?,53?,54?,55?,56-/m0/s1. The van der Waals surface area contributed by atoms with Crippen LogP contribution in [-0.4, -0.2) is 108 Å². The summed E-state index contributed by atoms with van der Waals surface area (Å²) in [5.41, 5.74) is 12.4. The number of nitrogens with two attached hydrogens (primary N) is 2. The van der Waals surface area contributed by atoms with Crippen LogP contribution in [0.3, 0.4) is 0 Å². The number of primary amides is 1. The topological polar surface area (TPSA) is 249 Å². The number of aliphatic hydroxyl groups excluding tert-OH is 2. The Morgan fingerprint density at radius 2 is 0.852 bits per heavy atom. The molecular weight excluding hydrogens is 1040 g/mol. The molecule has 4 unspecified atom stereocenters. The number of hydrogen-bond acceptors (Lipinski definition) is 12. The van der Waals surface area contributed by atoms with Gasteiger partial charge in [-0.3, -0.25) is 28.8 Å². The molecule has 0 aromatic carbocycles. The highest BCUT2D eigenvalue weighted by molar-refractivity contribution is 7.99. The summed E-state index contributed by atoms with van der Waals surface area (Å²) in [5.74, 6) is -1.25. The van der Waals surface area contributed by atoms with Crippen molar-refractivity contribution in [3.8, 4) is 0 Å². The van der Waals surface area contributed by atoms with E-state index < -0.39 is 55.2 Å². The summed E-state index contributed by atoms with van der Waals surface area (Å²) >= 11 is 1.23. The first-order valence-corrected chi connectivity index (χ1v) is 34.0. The summed E-state index contributed by atoms with van der Waals surface area (Å²) in [4.78, 5) is 78.7. The number of ether oxygens (including phenoxy) is 2. The van der Waals surface area contributed by atoms with Gasteiger partial charge >= 0.3 is 11.9 Å². The van der Waals surface area contributed by atoms with E-state index in [1.54, 1.807) is 0 Å². The van der Waals surface area contributed by atoms with Gasteiger partial charge in [-0.05, 0) is 67.1 Å². The van der Waals surface area contributed by atoms with Crippen LogP contribution >= 0.6 is 11.8 Å². The fourth-order valence-electron chi connectivity index (χ4n) is 12.0. The van der Waals surface area contributed by atoms with E-state index in [-0.39, 0.29) is 67.2 Å². The molecule has 0 aliphatic heterocycles. The highest BCUT2D eigenvalue weighted by atomic mass is 32.2. The molecule has 476 valence electrons. The maximum atomic E-state index is 13.3. The van der Waals surface area contributed by atoms with E-state index >= 15 is 0 Å². The Hall–Kier alpha value is -2.95. The van der Waals surface area contributed by atoms with Crippen molar-refractivity contribution in [3.05, 3.63) is 0 Å². The van der Waals surface area contributed by atoms with E-state index in [0.717, 1.165) is 44.9 Å². The monoisotopic (exact) mass is 1170 g/mol. The molecule has 0 aromatic rings. The molecule has 0 aromatic heterocycles. The third-order valence-electron chi connectivity index (χ3n) is 16.3. The zero-order valence-electron chi connectivity index (χ0n) is 53.3. The predicted molar refractivity (Wildman–Crippen MR) is 334 cm³/mol. The van der Waals surface area contributed by atoms with E-state index in [2.05, 4.69) is 85.2 Å². The highest BCUT2D eigenvalue weighted by Gasteiger charge is 2.43. The van der Waals surface area contributed by atoms with Gasteiger partial charge in [0.2, 0.25) is 23.6 Å². The Morgan fingerprint density at radius 3 is 1.25 bits per heavy atom. The van der Waals surface area contributed by atoms with Gasteiger partial charge in [0.15, 0.2) is 0 Å². The molecule has 0 saturated heterocycles. The van der Waals surface area contributed by atoms with Gasteiger partial charge in [-0.25, -0.2) is 0 Å². The molecule has 9 N–H and O–H groups in total. The fourth-order valence-corrected chi connectivity index (χ4v) is 13.0. The molecule has 0 heterocycles. The van der Waals surface area contributed by atoms with E-state index in [1.165, 1.54) is 127 Å². The average Bonchev–Trinajstić information content (AvgIpc) is 3.41. The van der Waals surface area contributed by atoms with Crippen molar-refractivity contribution in [2.45, 2.75) is 293 Å². The lowest BCUT2D eigenvalue weighted by Crippen LogP contribution is -2.58. The van der Waals surface area contributed by atoms with Crippen molar-refractivity contribution >= 4 is 47.3 Å². The molecule has 0 spiro atoms. The number of hydrogen-bond donors (Lipinski definition) is 7.